The fraction of sp³-hybridized carbons (Fsp3) is 0.360. The van der Waals surface area contributed by atoms with Gasteiger partial charge in [-0.2, -0.15) is 0 Å². The van der Waals surface area contributed by atoms with Gasteiger partial charge in [0.2, 0.25) is 5.91 Å². The van der Waals surface area contributed by atoms with Gasteiger partial charge < -0.3 is 4.90 Å². The highest BCUT2D eigenvalue weighted by molar-refractivity contribution is 7.18. The number of amides is 1. The molecule has 0 saturated carbocycles. The van der Waals surface area contributed by atoms with Crippen LogP contribution in [0.25, 0.3) is 15.8 Å². The molecule has 154 valence electrons. The number of hydrogen-bond donors (Lipinski definition) is 0. The first-order valence-electron chi connectivity index (χ1n) is 10.9. The molecule has 0 spiro atoms. The average molecular weight is 418 g/mol. The predicted molar refractivity (Wildman–Crippen MR) is 124 cm³/mol. The summed E-state index contributed by atoms with van der Waals surface area (Å²) in [5.41, 5.74) is 3.81. The number of para-hydroxylation sites is 1. The number of likely N-dealkylation sites (tertiary alicyclic amines) is 1. The molecular weight excluding hydrogens is 390 g/mol. The Morgan fingerprint density at radius 2 is 1.77 bits per heavy atom. The van der Waals surface area contributed by atoms with E-state index >= 15 is 0 Å². The van der Waals surface area contributed by atoms with Gasteiger partial charge in [0.1, 0.15) is 0 Å². The second-order valence-corrected chi connectivity index (χ2v) is 9.32. The Balaban J connectivity index is 1.13. The summed E-state index contributed by atoms with van der Waals surface area (Å²) < 4.78 is 1.26. The zero-order chi connectivity index (χ0) is 20.3. The van der Waals surface area contributed by atoms with Gasteiger partial charge in [-0.1, -0.05) is 48.5 Å². The Kier molecular flexibility index (Phi) is 5.65. The smallest absolute Gasteiger partial charge is 0.236 e. The molecule has 2 aliphatic heterocycles. The summed E-state index contributed by atoms with van der Waals surface area (Å²) in [5.74, 6) is 0.757. The van der Waals surface area contributed by atoms with E-state index in [1.54, 1.807) is 0 Å². The lowest BCUT2D eigenvalue weighted by Gasteiger charge is -2.33. The molecule has 1 saturated heterocycles. The first-order valence-corrected chi connectivity index (χ1v) is 11.7. The van der Waals surface area contributed by atoms with Crippen LogP contribution < -0.4 is 0 Å². The molecular formula is C25H27N3OS. The quantitative estimate of drug-likeness (QED) is 0.612. The van der Waals surface area contributed by atoms with Gasteiger partial charge in [0.15, 0.2) is 0 Å². The van der Waals surface area contributed by atoms with E-state index in [9.17, 15) is 4.79 Å². The summed E-state index contributed by atoms with van der Waals surface area (Å²) in [6.45, 7) is 4.04. The van der Waals surface area contributed by atoms with Crippen molar-refractivity contribution in [1.29, 1.82) is 0 Å². The summed E-state index contributed by atoms with van der Waals surface area (Å²) in [5, 5.41) is 1.23. The first-order chi connectivity index (χ1) is 14.8. The molecule has 2 aliphatic rings. The molecule has 1 aromatic heterocycles. The Bertz CT molecular complexity index is 1020. The third-order valence-electron chi connectivity index (χ3n) is 6.30. The van der Waals surface area contributed by atoms with E-state index in [0.29, 0.717) is 12.5 Å². The fourth-order valence-corrected chi connectivity index (χ4v) is 5.64. The number of fused-ring (bicyclic) bond motifs is 1. The van der Waals surface area contributed by atoms with Gasteiger partial charge in [-0.3, -0.25) is 9.69 Å². The summed E-state index contributed by atoms with van der Waals surface area (Å²) in [7, 11) is 0. The second kappa shape index (κ2) is 8.70. The highest BCUT2D eigenvalue weighted by atomic mass is 32.1. The summed E-state index contributed by atoms with van der Waals surface area (Å²) in [6, 6.07) is 18.9. The van der Waals surface area contributed by atoms with Crippen molar-refractivity contribution in [2.24, 2.45) is 0 Å². The standard InChI is InChI=1S/C25H27N3OS/c29-24(18-27-14-10-20(11-15-27)19-6-2-1-3-7-19)28-16-12-21(13-17-28)25-26-22-8-4-5-9-23(22)30-25/h1-10,21H,11-18H2. The van der Waals surface area contributed by atoms with Gasteiger partial charge in [0.05, 0.1) is 21.8 Å². The molecule has 3 heterocycles. The normalized spacial score (nSPS) is 18.5. The number of piperidine rings is 1. The molecule has 0 aliphatic carbocycles. The van der Waals surface area contributed by atoms with Gasteiger partial charge >= 0.3 is 0 Å². The molecule has 0 N–H and O–H groups in total. The van der Waals surface area contributed by atoms with Crippen molar-refractivity contribution in [3.05, 3.63) is 71.2 Å². The minimum atomic E-state index is 0.273. The van der Waals surface area contributed by atoms with E-state index in [4.69, 9.17) is 4.98 Å². The third kappa shape index (κ3) is 4.18. The molecule has 0 radical (unpaired) electrons. The van der Waals surface area contributed by atoms with E-state index in [1.165, 1.54) is 20.8 Å². The Morgan fingerprint density at radius 1 is 1.00 bits per heavy atom. The van der Waals surface area contributed by atoms with E-state index in [0.717, 1.165) is 51.0 Å². The molecule has 5 heteroatoms. The molecule has 30 heavy (non-hydrogen) atoms. The number of aromatic nitrogens is 1. The van der Waals surface area contributed by atoms with Crippen LogP contribution in [-0.2, 0) is 4.79 Å². The molecule has 0 atom stereocenters. The van der Waals surface area contributed by atoms with E-state index < -0.39 is 0 Å². The Labute approximate surface area is 181 Å². The van der Waals surface area contributed by atoms with Crippen LogP contribution in [0.3, 0.4) is 0 Å². The molecule has 4 nitrogen and oxygen atoms in total. The van der Waals surface area contributed by atoms with Crippen molar-refractivity contribution in [2.45, 2.75) is 25.2 Å². The van der Waals surface area contributed by atoms with Gasteiger partial charge in [0, 0.05) is 32.1 Å². The van der Waals surface area contributed by atoms with Crippen molar-refractivity contribution in [2.75, 3.05) is 32.7 Å². The van der Waals surface area contributed by atoms with Crippen LogP contribution in [0.1, 0.15) is 35.8 Å². The number of carbonyl (C=O) groups excluding carboxylic acids is 1. The van der Waals surface area contributed by atoms with Crippen LogP contribution in [0, 0.1) is 0 Å². The molecule has 2 aromatic carbocycles. The highest BCUT2D eigenvalue weighted by Crippen LogP contribution is 2.33. The molecule has 1 amide bonds. The molecule has 3 aromatic rings. The topological polar surface area (TPSA) is 36.4 Å². The largest absolute Gasteiger partial charge is 0.342 e. The van der Waals surface area contributed by atoms with E-state index in [-0.39, 0.29) is 5.91 Å². The number of hydrogen-bond acceptors (Lipinski definition) is 4. The van der Waals surface area contributed by atoms with Crippen molar-refractivity contribution in [1.82, 2.24) is 14.8 Å². The van der Waals surface area contributed by atoms with Crippen molar-refractivity contribution >= 4 is 33.0 Å². The zero-order valence-corrected chi connectivity index (χ0v) is 18.0. The van der Waals surface area contributed by atoms with Crippen molar-refractivity contribution in [3.63, 3.8) is 0 Å². The van der Waals surface area contributed by atoms with Gasteiger partial charge in [-0.15, -0.1) is 11.3 Å². The third-order valence-corrected chi connectivity index (χ3v) is 7.50. The van der Waals surface area contributed by atoms with Gasteiger partial charge in [0.25, 0.3) is 0 Å². The summed E-state index contributed by atoms with van der Waals surface area (Å²) in [6.07, 6.45) is 5.33. The maximum absolute atomic E-state index is 12.9. The van der Waals surface area contributed by atoms with Crippen LogP contribution in [-0.4, -0.2) is 53.4 Å². The first kappa shape index (κ1) is 19.5. The molecule has 1 fully saturated rings. The predicted octanol–water partition coefficient (Wildman–Crippen LogP) is 4.79. The van der Waals surface area contributed by atoms with Gasteiger partial charge in [-0.05, 0) is 42.5 Å². The number of nitrogens with zero attached hydrogens (tertiary/aromatic N) is 3. The summed E-state index contributed by atoms with van der Waals surface area (Å²) in [4.78, 5) is 22.0. The lowest BCUT2D eigenvalue weighted by atomic mass is 9.97. The van der Waals surface area contributed by atoms with Crippen LogP contribution in [0.5, 0.6) is 0 Å². The SMILES string of the molecule is O=C(CN1CC=C(c2ccccc2)CC1)N1CCC(c2nc3ccccc3s2)CC1. The van der Waals surface area contributed by atoms with Crippen LogP contribution in [0.15, 0.2) is 60.7 Å². The fourth-order valence-electron chi connectivity index (χ4n) is 4.50. The number of carbonyl (C=O) groups is 1. The second-order valence-electron chi connectivity index (χ2n) is 8.26. The number of thiazole rings is 1. The maximum atomic E-state index is 12.9. The lowest BCUT2D eigenvalue weighted by Crippen LogP contribution is -2.44. The zero-order valence-electron chi connectivity index (χ0n) is 17.2. The Hall–Kier alpha value is -2.50. The molecule has 0 bridgehead atoms. The van der Waals surface area contributed by atoms with E-state index in [2.05, 4.69) is 64.4 Å². The van der Waals surface area contributed by atoms with E-state index in [1.807, 2.05) is 17.4 Å². The maximum Gasteiger partial charge on any atom is 0.236 e. The van der Waals surface area contributed by atoms with Crippen molar-refractivity contribution in [3.8, 4) is 0 Å². The van der Waals surface area contributed by atoms with Crippen molar-refractivity contribution < 1.29 is 4.79 Å². The van der Waals surface area contributed by atoms with Crippen LogP contribution >= 0.6 is 11.3 Å². The minimum absolute atomic E-state index is 0.273. The molecule has 5 rings (SSSR count). The number of rotatable bonds is 4. The Morgan fingerprint density at radius 3 is 2.50 bits per heavy atom. The van der Waals surface area contributed by atoms with Crippen LogP contribution in [0.2, 0.25) is 0 Å². The van der Waals surface area contributed by atoms with Gasteiger partial charge in [-0.25, -0.2) is 4.98 Å². The van der Waals surface area contributed by atoms with Crippen LogP contribution in [0.4, 0.5) is 0 Å². The highest BCUT2D eigenvalue weighted by Gasteiger charge is 2.27. The number of benzene rings is 2. The molecule has 0 unspecified atom stereocenters. The monoisotopic (exact) mass is 417 g/mol. The minimum Gasteiger partial charge on any atom is -0.342 e. The lowest BCUT2D eigenvalue weighted by molar-refractivity contribution is -0.133. The average Bonchev–Trinajstić information content (AvgIpc) is 3.25. The summed E-state index contributed by atoms with van der Waals surface area (Å²) >= 11 is 1.81.